The number of aliphatic hydroxyl groups excluding tert-OH is 1. The molecule has 2 aromatic rings. The molecule has 1 aromatic carbocycles. The van der Waals surface area contributed by atoms with Gasteiger partial charge >= 0.3 is 5.97 Å². The highest BCUT2D eigenvalue weighted by molar-refractivity contribution is 6.44. The number of aromatic nitrogens is 3. The second-order valence-electron chi connectivity index (χ2n) is 4.64. The minimum Gasteiger partial charge on any atom is -0.431 e. The lowest BCUT2D eigenvalue weighted by Gasteiger charge is -2.15. The fourth-order valence-electron chi connectivity index (χ4n) is 2.03. The zero-order chi connectivity index (χ0) is 16.4. The first-order valence-corrected chi connectivity index (χ1v) is 6.97. The summed E-state index contributed by atoms with van der Waals surface area (Å²) in [6.07, 6.45) is 0.289. The number of hydrogen-bond donors (Lipinski definition) is 2. The smallest absolute Gasteiger partial charge is 0.354 e. The lowest BCUT2D eigenvalue weighted by atomic mass is 10.2. The molecule has 2 N–H and O–H groups in total. The van der Waals surface area contributed by atoms with Crippen molar-refractivity contribution in [3.63, 3.8) is 0 Å². The third-order valence-corrected chi connectivity index (χ3v) is 3.47. The molecule has 0 bridgehead atoms. The summed E-state index contributed by atoms with van der Waals surface area (Å²) in [6.45, 7) is -0.319. The predicted molar refractivity (Wildman–Crippen MR) is 78.8 cm³/mol. The van der Waals surface area contributed by atoms with Crippen LogP contribution in [0.3, 0.4) is 0 Å². The number of rotatable bonds is 4. The number of nitrogens with zero attached hydrogens (tertiary/aromatic N) is 3. The fraction of sp³-hybridized carbons (Fsp3) is 0.143. The normalized spacial score (nSPS) is 17.3. The average Bonchev–Trinajstić information content (AvgIpc) is 3.13. The Morgan fingerprint density at radius 1 is 1.39 bits per heavy atom. The van der Waals surface area contributed by atoms with Gasteiger partial charge in [0.25, 0.3) is 5.91 Å². The molecule has 3 rings (SSSR count). The number of carbonyl (C=O) groups is 2. The number of hydrogen-bond acceptors (Lipinski definition) is 6. The molecule has 0 saturated heterocycles. The Labute approximate surface area is 135 Å². The van der Waals surface area contributed by atoms with Crippen LogP contribution < -0.4 is 5.32 Å². The number of cyclic esters (lactones) is 1. The number of amides is 1. The molecule has 1 aliphatic heterocycles. The molecule has 1 aliphatic rings. The van der Waals surface area contributed by atoms with Gasteiger partial charge in [0.1, 0.15) is 11.4 Å². The molecule has 0 fully saturated rings. The van der Waals surface area contributed by atoms with Crippen LogP contribution in [0.1, 0.15) is 16.1 Å². The summed E-state index contributed by atoms with van der Waals surface area (Å²) < 4.78 is 6.24. The van der Waals surface area contributed by atoms with Gasteiger partial charge in [0.2, 0.25) is 6.23 Å². The zero-order valence-electron chi connectivity index (χ0n) is 11.6. The Kier molecular flexibility index (Phi) is 4.09. The number of ether oxygens (including phenoxy) is 1. The van der Waals surface area contributed by atoms with Crippen LogP contribution in [0, 0.1) is 0 Å². The average molecular weight is 335 g/mol. The van der Waals surface area contributed by atoms with Gasteiger partial charge in [-0.15, -0.1) is 5.10 Å². The van der Waals surface area contributed by atoms with Crippen LogP contribution in [0.5, 0.6) is 0 Å². The summed E-state index contributed by atoms with van der Waals surface area (Å²) in [7, 11) is 0. The second kappa shape index (κ2) is 6.19. The molecule has 0 spiro atoms. The van der Waals surface area contributed by atoms with Gasteiger partial charge in [-0.2, -0.15) is 0 Å². The van der Waals surface area contributed by atoms with Gasteiger partial charge in [0.15, 0.2) is 5.03 Å². The maximum absolute atomic E-state index is 12.2. The molecule has 23 heavy (non-hydrogen) atoms. The quantitative estimate of drug-likeness (QED) is 0.788. The Morgan fingerprint density at radius 3 is 2.78 bits per heavy atom. The number of halogens is 1. The van der Waals surface area contributed by atoms with Crippen molar-refractivity contribution in [3.8, 4) is 0 Å². The van der Waals surface area contributed by atoms with E-state index in [2.05, 4.69) is 15.6 Å². The van der Waals surface area contributed by atoms with Gasteiger partial charge in [-0.3, -0.25) is 4.79 Å². The van der Waals surface area contributed by atoms with E-state index < -0.39 is 18.1 Å². The fourth-order valence-corrected chi connectivity index (χ4v) is 2.26. The lowest BCUT2D eigenvalue weighted by molar-refractivity contribution is -0.139. The summed E-state index contributed by atoms with van der Waals surface area (Å²) in [6, 6.07) is 8.45. The van der Waals surface area contributed by atoms with Crippen molar-refractivity contribution in [1.29, 1.82) is 0 Å². The monoisotopic (exact) mass is 334 g/mol. The number of benzene rings is 1. The minimum absolute atomic E-state index is 0.133. The molecule has 8 nitrogen and oxygen atoms in total. The van der Waals surface area contributed by atoms with Crippen molar-refractivity contribution >= 4 is 29.2 Å². The molecule has 0 aliphatic carbocycles. The molecule has 9 heteroatoms. The van der Waals surface area contributed by atoms with E-state index in [4.69, 9.17) is 21.4 Å². The van der Waals surface area contributed by atoms with E-state index in [1.54, 1.807) is 30.3 Å². The molecule has 2 heterocycles. The highest BCUT2D eigenvalue weighted by Gasteiger charge is 2.36. The van der Waals surface area contributed by atoms with Gasteiger partial charge < -0.3 is 15.2 Å². The van der Waals surface area contributed by atoms with E-state index in [9.17, 15) is 9.59 Å². The molecule has 1 amide bonds. The van der Waals surface area contributed by atoms with E-state index in [1.165, 1.54) is 10.9 Å². The van der Waals surface area contributed by atoms with Crippen LogP contribution >= 0.6 is 11.6 Å². The summed E-state index contributed by atoms with van der Waals surface area (Å²) in [5.74, 6) is -1.21. The molecule has 118 valence electrons. The van der Waals surface area contributed by atoms with Crippen LogP contribution in [-0.2, 0) is 16.1 Å². The second-order valence-corrected chi connectivity index (χ2v) is 5.01. The van der Waals surface area contributed by atoms with Crippen LogP contribution in [0.25, 0.3) is 5.70 Å². The standard InChI is InChI=1S/C14H11ClN4O4/c15-10-11(19-6-9(7-20)17-18-19)13(23-14(10)22)16-12(21)8-4-2-1-3-5-8/h1-6,13,20H,7H2,(H,16,21)/t13-/m1/s1. The highest BCUT2D eigenvalue weighted by atomic mass is 35.5. The van der Waals surface area contributed by atoms with Crippen molar-refractivity contribution < 1.29 is 19.4 Å². The first kappa shape index (κ1) is 15.2. The van der Waals surface area contributed by atoms with Crippen molar-refractivity contribution in [2.75, 3.05) is 0 Å². The van der Waals surface area contributed by atoms with Crippen LogP contribution in [-0.4, -0.2) is 38.2 Å². The Balaban J connectivity index is 1.87. The molecule has 1 atom stereocenters. The Hall–Kier alpha value is -2.71. The van der Waals surface area contributed by atoms with Gasteiger partial charge in [-0.1, -0.05) is 35.0 Å². The van der Waals surface area contributed by atoms with Crippen LogP contribution in [0.4, 0.5) is 0 Å². The summed E-state index contributed by atoms with van der Waals surface area (Å²) >= 11 is 5.94. The largest absolute Gasteiger partial charge is 0.431 e. The van der Waals surface area contributed by atoms with Crippen molar-refractivity contribution in [3.05, 3.63) is 52.8 Å². The topological polar surface area (TPSA) is 106 Å². The van der Waals surface area contributed by atoms with E-state index in [-0.39, 0.29) is 23.0 Å². The number of carbonyl (C=O) groups excluding carboxylic acids is 2. The summed E-state index contributed by atoms with van der Waals surface area (Å²) in [5, 5.41) is 18.9. The molecular formula is C14H11ClN4O4. The third kappa shape index (κ3) is 2.94. The van der Waals surface area contributed by atoms with E-state index in [0.717, 1.165) is 0 Å². The zero-order valence-corrected chi connectivity index (χ0v) is 12.4. The summed E-state index contributed by atoms with van der Waals surface area (Å²) in [4.78, 5) is 23.9. The molecule has 0 saturated carbocycles. The van der Waals surface area contributed by atoms with Gasteiger partial charge in [-0.25, -0.2) is 9.48 Å². The van der Waals surface area contributed by atoms with Crippen molar-refractivity contribution in [1.82, 2.24) is 20.3 Å². The Morgan fingerprint density at radius 2 is 2.13 bits per heavy atom. The molecule has 0 radical (unpaired) electrons. The van der Waals surface area contributed by atoms with E-state index in [1.807, 2.05) is 0 Å². The third-order valence-electron chi connectivity index (χ3n) is 3.13. The SMILES string of the molecule is O=C1O[C@@H](NC(=O)c2ccccc2)C(n2cc(CO)nn2)=C1Cl. The van der Waals surface area contributed by atoms with Gasteiger partial charge in [0, 0.05) is 5.56 Å². The number of nitrogens with one attached hydrogen (secondary N) is 1. The lowest BCUT2D eigenvalue weighted by Crippen LogP contribution is -2.37. The first-order chi connectivity index (χ1) is 11.1. The van der Waals surface area contributed by atoms with Gasteiger partial charge in [-0.05, 0) is 12.1 Å². The van der Waals surface area contributed by atoms with Crippen molar-refractivity contribution in [2.45, 2.75) is 12.8 Å². The minimum atomic E-state index is -1.10. The van der Waals surface area contributed by atoms with Crippen molar-refractivity contribution in [2.24, 2.45) is 0 Å². The highest BCUT2D eigenvalue weighted by Crippen LogP contribution is 2.28. The van der Waals surface area contributed by atoms with Gasteiger partial charge in [0.05, 0.1) is 12.8 Å². The maximum atomic E-state index is 12.2. The first-order valence-electron chi connectivity index (χ1n) is 6.59. The van der Waals surface area contributed by atoms with Crippen LogP contribution in [0.2, 0.25) is 0 Å². The number of aliphatic hydroxyl groups is 1. The van der Waals surface area contributed by atoms with E-state index in [0.29, 0.717) is 5.56 Å². The Bertz CT molecular complexity index is 787. The van der Waals surface area contributed by atoms with Crippen LogP contribution in [0.15, 0.2) is 41.6 Å². The summed E-state index contributed by atoms with van der Waals surface area (Å²) in [5.41, 5.74) is 0.822. The molecule has 0 unspecified atom stereocenters. The number of esters is 1. The maximum Gasteiger partial charge on any atom is 0.354 e. The molecular weight excluding hydrogens is 324 g/mol. The predicted octanol–water partition coefficient (Wildman–Crippen LogP) is 0.491. The van der Waals surface area contributed by atoms with E-state index >= 15 is 0 Å². The molecule has 1 aromatic heterocycles.